The molecule has 0 fully saturated rings. The van der Waals surface area contributed by atoms with Crippen LogP contribution in [0.3, 0.4) is 0 Å². The number of urea groups is 1. The van der Waals surface area contributed by atoms with Crippen molar-refractivity contribution >= 4 is 11.7 Å². The van der Waals surface area contributed by atoms with Crippen LogP contribution in [0.5, 0.6) is 0 Å². The van der Waals surface area contributed by atoms with Crippen molar-refractivity contribution in [2.75, 3.05) is 25.0 Å². The Kier molecular flexibility index (Phi) is 7.99. The number of aromatic nitrogens is 2. The lowest BCUT2D eigenvalue weighted by Crippen LogP contribution is -2.45. The molecule has 1 atom stereocenters. The van der Waals surface area contributed by atoms with E-state index in [1.165, 1.54) is 10.7 Å². The molecule has 2 aromatic rings. The minimum absolute atomic E-state index is 0.280. The number of nitrogens with zero attached hydrogens (tertiary/aromatic N) is 3. The third-order valence-electron chi connectivity index (χ3n) is 4.73. The summed E-state index contributed by atoms with van der Waals surface area (Å²) in [4.78, 5) is 14.6. The molecule has 7 heteroatoms. The van der Waals surface area contributed by atoms with Crippen LogP contribution in [0.1, 0.15) is 39.7 Å². The van der Waals surface area contributed by atoms with Crippen LogP contribution in [0, 0.1) is 18.7 Å². The first-order valence-electron chi connectivity index (χ1n) is 9.94. The number of benzene rings is 1. The molecule has 2 rings (SSSR count). The predicted molar refractivity (Wildman–Crippen MR) is 111 cm³/mol. The molecule has 154 valence electrons. The fourth-order valence-corrected chi connectivity index (χ4v) is 3.35. The van der Waals surface area contributed by atoms with E-state index in [0.29, 0.717) is 23.8 Å². The van der Waals surface area contributed by atoms with Gasteiger partial charge in [0.05, 0.1) is 6.20 Å². The summed E-state index contributed by atoms with van der Waals surface area (Å²) in [6.07, 6.45) is 4.43. The lowest BCUT2D eigenvalue weighted by Gasteiger charge is -2.31. The molecule has 1 heterocycles. The largest absolute Gasteiger partial charge is 0.336 e. The van der Waals surface area contributed by atoms with Gasteiger partial charge in [-0.25, -0.2) is 13.9 Å². The van der Waals surface area contributed by atoms with Crippen molar-refractivity contribution in [2.45, 2.75) is 47.1 Å². The highest BCUT2D eigenvalue weighted by atomic mass is 19.1. The summed E-state index contributed by atoms with van der Waals surface area (Å²) in [6, 6.07) is 4.54. The van der Waals surface area contributed by atoms with E-state index in [1.54, 1.807) is 24.5 Å². The number of rotatable bonds is 9. The molecule has 1 aromatic carbocycles. The quantitative estimate of drug-likeness (QED) is 0.676. The smallest absolute Gasteiger partial charge is 0.319 e. The summed E-state index contributed by atoms with van der Waals surface area (Å²) in [7, 11) is 0. The van der Waals surface area contributed by atoms with Crippen molar-refractivity contribution < 1.29 is 9.18 Å². The van der Waals surface area contributed by atoms with Crippen LogP contribution in [-0.4, -0.2) is 46.4 Å². The van der Waals surface area contributed by atoms with Gasteiger partial charge in [-0.1, -0.05) is 27.7 Å². The number of nitrogens with one attached hydrogen (secondary N) is 2. The number of hydrogen-bond donors (Lipinski definition) is 2. The fraction of sp³-hybridized carbons (Fsp3) is 0.524. The summed E-state index contributed by atoms with van der Waals surface area (Å²) in [5.74, 6) is 0.102. The molecule has 0 spiro atoms. The molecule has 0 aliphatic heterocycles. The van der Waals surface area contributed by atoms with E-state index in [1.807, 2.05) is 6.92 Å². The number of carbonyl (C=O) groups excluding carboxylic acids is 1. The first kappa shape index (κ1) is 21.9. The van der Waals surface area contributed by atoms with E-state index in [4.69, 9.17) is 0 Å². The highest BCUT2D eigenvalue weighted by Gasteiger charge is 2.18. The maximum absolute atomic E-state index is 14.4. The highest BCUT2D eigenvalue weighted by molar-refractivity contribution is 5.89. The van der Waals surface area contributed by atoms with Gasteiger partial charge in [-0.15, -0.1) is 0 Å². The van der Waals surface area contributed by atoms with E-state index in [9.17, 15) is 9.18 Å². The van der Waals surface area contributed by atoms with E-state index < -0.39 is 5.82 Å². The predicted octanol–water partition coefficient (Wildman–Crippen LogP) is 4.20. The molecule has 1 unspecified atom stereocenters. The van der Waals surface area contributed by atoms with Crippen molar-refractivity contribution in [3.05, 3.63) is 42.0 Å². The molecule has 0 aliphatic carbocycles. The average molecular weight is 390 g/mol. The second-order valence-electron chi connectivity index (χ2n) is 7.47. The summed E-state index contributed by atoms with van der Waals surface area (Å²) in [5.41, 5.74) is 1.70. The lowest BCUT2D eigenvalue weighted by atomic mass is 10.0. The molecule has 1 aromatic heterocycles. The molecular weight excluding hydrogens is 357 g/mol. The molecule has 0 saturated carbocycles. The van der Waals surface area contributed by atoms with Crippen molar-refractivity contribution in [1.82, 2.24) is 20.0 Å². The Morgan fingerprint density at radius 1 is 1.29 bits per heavy atom. The maximum atomic E-state index is 14.4. The standard InChI is InChI=1S/C21H32FN5O/c1-6-26(7-2)18(10-15(3)4)13-23-21(28)25-17-8-9-20(19(22)11-17)27-14-16(5)12-24-27/h8-9,11-12,14-15,18H,6-7,10,13H2,1-5H3,(H2,23,25,28). The minimum Gasteiger partial charge on any atom is -0.336 e. The number of carbonyl (C=O) groups is 1. The average Bonchev–Trinajstić information content (AvgIpc) is 3.06. The van der Waals surface area contributed by atoms with Crippen LogP contribution in [0.2, 0.25) is 0 Å². The van der Waals surface area contributed by atoms with Gasteiger partial charge in [-0.2, -0.15) is 5.10 Å². The van der Waals surface area contributed by atoms with Gasteiger partial charge in [0, 0.05) is 24.5 Å². The van der Waals surface area contributed by atoms with Crippen LogP contribution in [0.4, 0.5) is 14.9 Å². The Balaban J connectivity index is 1.97. The third kappa shape index (κ3) is 6.05. The number of amides is 2. The van der Waals surface area contributed by atoms with Gasteiger partial charge in [-0.3, -0.25) is 4.90 Å². The van der Waals surface area contributed by atoms with Crippen LogP contribution in [0.15, 0.2) is 30.6 Å². The van der Waals surface area contributed by atoms with Gasteiger partial charge < -0.3 is 10.6 Å². The molecule has 2 amide bonds. The van der Waals surface area contributed by atoms with Gasteiger partial charge in [0.15, 0.2) is 5.82 Å². The zero-order chi connectivity index (χ0) is 20.7. The van der Waals surface area contributed by atoms with E-state index >= 15 is 0 Å². The molecule has 28 heavy (non-hydrogen) atoms. The zero-order valence-electron chi connectivity index (χ0n) is 17.5. The Morgan fingerprint density at radius 2 is 2.00 bits per heavy atom. The fourth-order valence-electron chi connectivity index (χ4n) is 3.35. The van der Waals surface area contributed by atoms with Crippen molar-refractivity contribution in [1.29, 1.82) is 0 Å². The number of halogens is 1. The lowest BCUT2D eigenvalue weighted by molar-refractivity contribution is 0.186. The molecule has 2 N–H and O–H groups in total. The summed E-state index contributed by atoms with van der Waals surface area (Å²) >= 11 is 0. The molecule has 0 radical (unpaired) electrons. The van der Waals surface area contributed by atoms with Gasteiger partial charge in [0.2, 0.25) is 0 Å². The molecule has 6 nitrogen and oxygen atoms in total. The second-order valence-corrected chi connectivity index (χ2v) is 7.47. The van der Waals surface area contributed by atoms with Crippen LogP contribution in [-0.2, 0) is 0 Å². The van der Waals surface area contributed by atoms with Crippen molar-refractivity contribution in [3.63, 3.8) is 0 Å². The van der Waals surface area contributed by atoms with Gasteiger partial charge in [-0.05, 0) is 56.1 Å². The monoisotopic (exact) mass is 389 g/mol. The Hall–Kier alpha value is -2.41. The molecule has 0 aliphatic rings. The van der Waals surface area contributed by atoms with Crippen molar-refractivity contribution in [3.8, 4) is 5.69 Å². The Bertz CT molecular complexity index is 770. The maximum Gasteiger partial charge on any atom is 0.319 e. The second kappa shape index (κ2) is 10.2. The van der Waals surface area contributed by atoms with E-state index in [0.717, 1.165) is 25.1 Å². The van der Waals surface area contributed by atoms with Crippen LogP contribution in [0.25, 0.3) is 5.69 Å². The number of hydrogen-bond acceptors (Lipinski definition) is 3. The third-order valence-corrected chi connectivity index (χ3v) is 4.73. The zero-order valence-corrected chi connectivity index (χ0v) is 17.5. The minimum atomic E-state index is -0.443. The number of likely N-dealkylation sites (N-methyl/N-ethyl adjacent to an activating group) is 1. The number of anilines is 1. The van der Waals surface area contributed by atoms with Crippen molar-refractivity contribution in [2.24, 2.45) is 5.92 Å². The summed E-state index contributed by atoms with van der Waals surface area (Å²) < 4.78 is 15.9. The number of aryl methyl sites for hydroxylation is 1. The van der Waals surface area contributed by atoms with E-state index in [2.05, 4.69) is 48.3 Å². The molecule has 0 bridgehead atoms. The topological polar surface area (TPSA) is 62.2 Å². The van der Waals surface area contributed by atoms with Gasteiger partial charge in [0.25, 0.3) is 0 Å². The first-order chi connectivity index (χ1) is 13.3. The molecule has 0 saturated heterocycles. The SMILES string of the molecule is CCN(CC)C(CNC(=O)Nc1ccc(-n2cc(C)cn2)c(F)c1)CC(C)C. The first-order valence-corrected chi connectivity index (χ1v) is 9.94. The van der Waals surface area contributed by atoms with Crippen LogP contribution >= 0.6 is 0 Å². The summed E-state index contributed by atoms with van der Waals surface area (Å²) in [5, 5.41) is 9.75. The van der Waals surface area contributed by atoms with Gasteiger partial charge in [0.1, 0.15) is 5.69 Å². The summed E-state index contributed by atoms with van der Waals surface area (Å²) in [6.45, 7) is 13.0. The highest BCUT2D eigenvalue weighted by Crippen LogP contribution is 2.18. The normalized spacial score (nSPS) is 12.4. The Morgan fingerprint density at radius 3 is 2.54 bits per heavy atom. The van der Waals surface area contributed by atoms with Crippen LogP contribution < -0.4 is 10.6 Å². The Labute approximate surface area is 167 Å². The van der Waals surface area contributed by atoms with Gasteiger partial charge >= 0.3 is 6.03 Å². The molecular formula is C21H32FN5O. The van der Waals surface area contributed by atoms with E-state index in [-0.39, 0.29) is 12.1 Å².